The number of thioether (sulfide) groups is 1. The van der Waals surface area contributed by atoms with Crippen LogP contribution in [0.3, 0.4) is 0 Å². The lowest BCUT2D eigenvalue weighted by Gasteiger charge is -2.15. The van der Waals surface area contributed by atoms with Crippen LogP contribution in [0.5, 0.6) is 0 Å². The number of aromatic nitrogens is 3. The molecular weight excluding hydrogens is 428 g/mol. The number of thiophene rings is 1. The van der Waals surface area contributed by atoms with Gasteiger partial charge in [-0.3, -0.25) is 0 Å². The van der Waals surface area contributed by atoms with Crippen molar-refractivity contribution >= 4 is 49.3 Å². The predicted octanol–water partition coefficient (Wildman–Crippen LogP) is 5.15. The van der Waals surface area contributed by atoms with Gasteiger partial charge >= 0.3 is 0 Å². The van der Waals surface area contributed by atoms with Crippen molar-refractivity contribution in [2.45, 2.75) is 30.7 Å². The molecule has 0 bridgehead atoms. The Bertz CT molecular complexity index is 1240. The van der Waals surface area contributed by atoms with Gasteiger partial charge in [-0.1, -0.05) is 42.1 Å². The molecule has 1 aliphatic carbocycles. The molecule has 31 heavy (non-hydrogen) atoms. The van der Waals surface area contributed by atoms with Gasteiger partial charge in [-0.2, -0.15) is 0 Å². The first-order valence-corrected chi connectivity index (χ1v) is 12.3. The number of fused-ring (bicyclic) bond motifs is 5. The monoisotopic (exact) mass is 452 g/mol. The van der Waals surface area contributed by atoms with Gasteiger partial charge in [0.1, 0.15) is 10.6 Å². The SMILES string of the molecule is COC(CNc1nc(SC)nc2c1sc1nc(-c3ccccc3)c3c(c12)CCC3)OC. The minimum absolute atomic E-state index is 0.343. The van der Waals surface area contributed by atoms with Crippen LogP contribution in [0.15, 0.2) is 35.5 Å². The van der Waals surface area contributed by atoms with Gasteiger partial charge < -0.3 is 14.8 Å². The third kappa shape index (κ3) is 3.67. The highest BCUT2D eigenvalue weighted by Gasteiger charge is 2.25. The van der Waals surface area contributed by atoms with E-state index in [4.69, 9.17) is 24.4 Å². The Balaban J connectivity index is 1.72. The van der Waals surface area contributed by atoms with Crippen LogP contribution in [-0.2, 0) is 22.3 Å². The molecule has 4 aromatic rings. The predicted molar refractivity (Wildman–Crippen MR) is 128 cm³/mol. The summed E-state index contributed by atoms with van der Waals surface area (Å²) in [6.07, 6.45) is 4.94. The third-order valence-corrected chi connectivity index (χ3v) is 7.33. The summed E-state index contributed by atoms with van der Waals surface area (Å²) in [6.45, 7) is 0.502. The number of anilines is 1. The molecule has 0 unspecified atom stereocenters. The van der Waals surface area contributed by atoms with E-state index in [1.807, 2.05) is 12.3 Å². The number of pyridine rings is 1. The van der Waals surface area contributed by atoms with E-state index in [2.05, 4.69) is 29.6 Å². The molecule has 0 amide bonds. The van der Waals surface area contributed by atoms with E-state index in [9.17, 15) is 0 Å². The molecule has 0 radical (unpaired) electrons. The molecule has 0 fully saturated rings. The van der Waals surface area contributed by atoms with Crippen molar-refractivity contribution in [2.24, 2.45) is 0 Å². The molecular formula is C23H24N4O2S2. The number of hydrogen-bond donors (Lipinski definition) is 1. The molecule has 1 N–H and O–H groups in total. The van der Waals surface area contributed by atoms with Crippen molar-refractivity contribution in [1.29, 1.82) is 0 Å². The number of hydrogen-bond acceptors (Lipinski definition) is 8. The average Bonchev–Trinajstić information content (AvgIpc) is 3.44. The molecule has 6 nitrogen and oxygen atoms in total. The van der Waals surface area contributed by atoms with Gasteiger partial charge in [-0.05, 0) is 36.6 Å². The summed E-state index contributed by atoms with van der Waals surface area (Å²) >= 11 is 3.21. The molecule has 1 aromatic carbocycles. The van der Waals surface area contributed by atoms with E-state index >= 15 is 0 Å². The van der Waals surface area contributed by atoms with Crippen molar-refractivity contribution in [3.05, 3.63) is 41.5 Å². The second-order valence-corrected chi connectivity index (χ2v) is 9.21. The first-order valence-electron chi connectivity index (χ1n) is 10.3. The zero-order valence-corrected chi connectivity index (χ0v) is 19.4. The Kier molecular flexibility index (Phi) is 5.79. The number of aryl methyl sites for hydroxylation is 1. The summed E-state index contributed by atoms with van der Waals surface area (Å²) in [5, 5.41) is 5.35. The molecule has 0 saturated carbocycles. The molecule has 0 spiro atoms. The number of ether oxygens (including phenoxy) is 2. The lowest BCUT2D eigenvalue weighted by Crippen LogP contribution is -2.24. The van der Waals surface area contributed by atoms with Crippen LogP contribution in [0, 0.1) is 0 Å². The molecule has 160 valence electrons. The van der Waals surface area contributed by atoms with Crippen LogP contribution in [-0.4, -0.2) is 48.3 Å². The first-order chi connectivity index (χ1) is 15.2. The number of nitrogens with zero attached hydrogens (tertiary/aromatic N) is 3. The largest absolute Gasteiger partial charge is 0.364 e. The highest BCUT2D eigenvalue weighted by Crippen LogP contribution is 2.43. The van der Waals surface area contributed by atoms with Crippen molar-refractivity contribution in [1.82, 2.24) is 15.0 Å². The zero-order valence-electron chi connectivity index (χ0n) is 17.8. The topological polar surface area (TPSA) is 69.2 Å². The highest BCUT2D eigenvalue weighted by molar-refractivity contribution is 7.98. The quantitative estimate of drug-likeness (QED) is 0.236. The summed E-state index contributed by atoms with van der Waals surface area (Å²) in [6, 6.07) is 10.5. The number of rotatable bonds is 7. The van der Waals surface area contributed by atoms with Crippen molar-refractivity contribution in [3.8, 4) is 11.3 Å². The Hall–Kier alpha value is -2.26. The molecule has 0 atom stereocenters. The van der Waals surface area contributed by atoms with Gasteiger partial charge in [-0.25, -0.2) is 15.0 Å². The van der Waals surface area contributed by atoms with E-state index < -0.39 is 0 Å². The van der Waals surface area contributed by atoms with Gasteiger partial charge in [0, 0.05) is 25.2 Å². The van der Waals surface area contributed by atoms with Gasteiger partial charge in [0.25, 0.3) is 0 Å². The summed E-state index contributed by atoms with van der Waals surface area (Å²) in [7, 11) is 3.27. The summed E-state index contributed by atoms with van der Waals surface area (Å²) < 4.78 is 11.7. The van der Waals surface area contributed by atoms with Crippen LogP contribution in [0.4, 0.5) is 5.82 Å². The summed E-state index contributed by atoms with van der Waals surface area (Å²) in [5.74, 6) is 0.810. The lowest BCUT2D eigenvalue weighted by atomic mass is 10.0. The van der Waals surface area contributed by atoms with Crippen LogP contribution in [0.25, 0.3) is 31.7 Å². The average molecular weight is 453 g/mol. The molecule has 0 aliphatic heterocycles. The molecule has 8 heteroatoms. The second kappa shape index (κ2) is 8.70. The fraction of sp³-hybridized carbons (Fsp3) is 0.348. The Morgan fingerprint density at radius 2 is 1.84 bits per heavy atom. The van der Waals surface area contributed by atoms with Crippen molar-refractivity contribution < 1.29 is 9.47 Å². The molecule has 1 aliphatic rings. The number of benzene rings is 1. The Morgan fingerprint density at radius 1 is 1.06 bits per heavy atom. The first kappa shape index (κ1) is 20.6. The number of methoxy groups -OCH3 is 2. The molecule has 3 heterocycles. The smallest absolute Gasteiger partial charge is 0.189 e. The second-order valence-electron chi connectivity index (χ2n) is 7.44. The maximum absolute atomic E-state index is 5.33. The van der Waals surface area contributed by atoms with Crippen LogP contribution in [0.1, 0.15) is 17.5 Å². The fourth-order valence-corrected chi connectivity index (χ4v) is 5.71. The van der Waals surface area contributed by atoms with Gasteiger partial charge in [0.15, 0.2) is 11.4 Å². The maximum Gasteiger partial charge on any atom is 0.189 e. The van der Waals surface area contributed by atoms with Gasteiger partial charge in [0.2, 0.25) is 0 Å². The Labute approximate surface area is 189 Å². The van der Waals surface area contributed by atoms with E-state index in [0.29, 0.717) is 6.54 Å². The van der Waals surface area contributed by atoms with Crippen LogP contribution in [0.2, 0.25) is 0 Å². The van der Waals surface area contributed by atoms with E-state index in [1.54, 1.807) is 37.3 Å². The fourth-order valence-electron chi connectivity index (χ4n) is 4.23. The van der Waals surface area contributed by atoms with E-state index in [1.165, 1.54) is 22.1 Å². The van der Waals surface area contributed by atoms with Crippen molar-refractivity contribution in [3.63, 3.8) is 0 Å². The zero-order chi connectivity index (χ0) is 21.4. The highest BCUT2D eigenvalue weighted by atomic mass is 32.2. The lowest BCUT2D eigenvalue weighted by molar-refractivity contribution is -0.0914. The Morgan fingerprint density at radius 3 is 2.58 bits per heavy atom. The minimum atomic E-state index is -0.343. The molecule has 5 rings (SSSR count). The number of nitrogens with one attached hydrogen (secondary N) is 1. The standard InChI is InChI=1S/C23H24N4O2S2/c1-28-16(29-2)12-24-21-20-19(26-23(27-21)30-3)17-14-10-7-11-15(14)18(25-22(17)31-20)13-8-5-4-6-9-13/h4-6,8-9,16H,7,10-12H2,1-3H3,(H,24,26,27). The summed E-state index contributed by atoms with van der Waals surface area (Å²) in [5.41, 5.74) is 6.06. The van der Waals surface area contributed by atoms with Crippen LogP contribution >= 0.6 is 23.1 Å². The van der Waals surface area contributed by atoms with E-state index in [0.717, 1.165) is 51.0 Å². The molecule has 0 saturated heterocycles. The summed E-state index contributed by atoms with van der Waals surface area (Å²) in [4.78, 5) is 15.8. The van der Waals surface area contributed by atoms with Crippen molar-refractivity contribution in [2.75, 3.05) is 32.3 Å². The van der Waals surface area contributed by atoms with E-state index in [-0.39, 0.29) is 6.29 Å². The maximum atomic E-state index is 5.33. The third-order valence-electron chi connectivity index (χ3n) is 5.71. The molecule has 3 aromatic heterocycles. The van der Waals surface area contributed by atoms with Crippen LogP contribution < -0.4 is 5.32 Å². The minimum Gasteiger partial charge on any atom is -0.364 e. The van der Waals surface area contributed by atoms with Gasteiger partial charge in [0.05, 0.1) is 22.5 Å². The van der Waals surface area contributed by atoms with Gasteiger partial charge in [-0.15, -0.1) is 11.3 Å². The normalized spacial score (nSPS) is 13.4.